The molecular formula is C22H17N3O4S. The van der Waals surface area contributed by atoms with Crippen LogP contribution in [0.25, 0.3) is 10.2 Å². The predicted molar refractivity (Wildman–Crippen MR) is 115 cm³/mol. The molecule has 0 bridgehead atoms. The molecule has 0 saturated carbocycles. The van der Waals surface area contributed by atoms with Crippen molar-refractivity contribution in [2.24, 2.45) is 5.73 Å². The molecule has 8 heteroatoms. The van der Waals surface area contributed by atoms with Crippen LogP contribution in [0.2, 0.25) is 0 Å². The number of thiazole rings is 1. The molecule has 30 heavy (non-hydrogen) atoms. The van der Waals surface area contributed by atoms with Crippen LogP contribution >= 0.6 is 11.3 Å². The SMILES string of the molecule is NC(=O)COc1ccccc1C(=O)Nc1nc2ccc(Oc3ccccc3)cc2s1. The van der Waals surface area contributed by atoms with E-state index in [4.69, 9.17) is 15.2 Å². The molecule has 0 radical (unpaired) electrons. The van der Waals surface area contributed by atoms with Crippen LogP contribution in [0.3, 0.4) is 0 Å². The van der Waals surface area contributed by atoms with Gasteiger partial charge in [0.05, 0.1) is 15.8 Å². The lowest BCUT2D eigenvalue weighted by Gasteiger charge is -2.09. The Morgan fingerprint density at radius 2 is 1.73 bits per heavy atom. The van der Waals surface area contributed by atoms with Crippen LogP contribution in [0.15, 0.2) is 72.8 Å². The topological polar surface area (TPSA) is 104 Å². The fraction of sp³-hybridized carbons (Fsp3) is 0.0455. The molecular weight excluding hydrogens is 402 g/mol. The number of carbonyl (C=O) groups is 2. The molecule has 1 aromatic heterocycles. The lowest BCUT2D eigenvalue weighted by molar-refractivity contribution is -0.119. The number of fused-ring (bicyclic) bond motifs is 1. The third-order valence-corrected chi connectivity index (χ3v) is 4.99. The zero-order valence-corrected chi connectivity index (χ0v) is 16.5. The molecule has 0 atom stereocenters. The number of carbonyl (C=O) groups excluding carboxylic acids is 2. The lowest BCUT2D eigenvalue weighted by Crippen LogP contribution is -2.21. The first-order chi connectivity index (χ1) is 14.6. The van der Waals surface area contributed by atoms with Crippen molar-refractivity contribution in [3.63, 3.8) is 0 Å². The Morgan fingerprint density at radius 1 is 0.967 bits per heavy atom. The average molecular weight is 419 g/mol. The minimum absolute atomic E-state index is 0.272. The van der Waals surface area contributed by atoms with Crippen molar-refractivity contribution in [1.82, 2.24) is 4.98 Å². The van der Waals surface area contributed by atoms with Gasteiger partial charge < -0.3 is 15.2 Å². The Kier molecular flexibility index (Phi) is 5.58. The quantitative estimate of drug-likeness (QED) is 0.467. The third-order valence-electron chi connectivity index (χ3n) is 4.06. The minimum Gasteiger partial charge on any atom is -0.483 e. The molecule has 7 nitrogen and oxygen atoms in total. The van der Waals surface area contributed by atoms with Crippen molar-refractivity contribution in [3.8, 4) is 17.2 Å². The Balaban J connectivity index is 1.52. The number of primary amides is 1. The Bertz CT molecular complexity index is 1210. The summed E-state index contributed by atoms with van der Waals surface area (Å²) in [5, 5.41) is 3.22. The number of nitrogens with two attached hydrogens (primary N) is 1. The first kappa shape index (κ1) is 19.4. The molecule has 0 aliphatic carbocycles. The van der Waals surface area contributed by atoms with E-state index in [-0.39, 0.29) is 17.9 Å². The molecule has 3 N–H and O–H groups in total. The maximum Gasteiger partial charge on any atom is 0.261 e. The number of rotatable bonds is 7. The number of para-hydroxylation sites is 2. The van der Waals surface area contributed by atoms with Gasteiger partial charge >= 0.3 is 0 Å². The van der Waals surface area contributed by atoms with Gasteiger partial charge in [0.1, 0.15) is 17.2 Å². The van der Waals surface area contributed by atoms with E-state index in [1.54, 1.807) is 24.3 Å². The summed E-state index contributed by atoms with van der Waals surface area (Å²) in [6.45, 7) is -0.310. The fourth-order valence-electron chi connectivity index (χ4n) is 2.74. The van der Waals surface area contributed by atoms with Crippen molar-refractivity contribution in [2.45, 2.75) is 0 Å². The van der Waals surface area contributed by atoms with Crippen LogP contribution < -0.4 is 20.5 Å². The van der Waals surface area contributed by atoms with Crippen molar-refractivity contribution in [3.05, 3.63) is 78.4 Å². The number of aromatic nitrogens is 1. The van der Waals surface area contributed by atoms with E-state index in [0.717, 1.165) is 16.0 Å². The predicted octanol–water partition coefficient (Wildman–Crippen LogP) is 4.21. The first-order valence-corrected chi connectivity index (χ1v) is 9.85. The number of nitrogens with one attached hydrogen (secondary N) is 1. The molecule has 2 amide bonds. The van der Waals surface area contributed by atoms with Crippen LogP contribution in [-0.2, 0) is 4.79 Å². The standard InChI is InChI=1S/C22H17N3O4S/c23-20(26)13-28-18-9-5-4-8-16(18)21(27)25-22-24-17-11-10-15(12-19(17)30-22)29-14-6-2-1-3-7-14/h1-12H,13H2,(H2,23,26)(H,24,25,27). The molecule has 4 rings (SSSR count). The highest BCUT2D eigenvalue weighted by Gasteiger charge is 2.15. The van der Waals surface area contributed by atoms with E-state index in [1.807, 2.05) is 48.5 Å². The maximum atomic E-state index is 12.7. The van der Waals surface area contributed by atoms with Crippen molar-refractivity contribution >= 4 is 38.5 Å². The highest BCUT2D eigenvalue weighted by Crippen LogP contribution is 2.31. The molecule has 4 aromatic rings. The molecule has 0 unspecified atom stereocenters. The molecule has 0 saturated heterocycles. The minimum atomic E-state index is -0.620. The van der Waals surface area contributed by atoms with Crippen LogP contribution in [0.5, 0.6) is 17.2 Å². The van der Waals surface area contributed by atoms with Gasteiger partial charge in [0, 0.05) is 6.07 Å². The van der Waals surface area contributed by atoms with Gasteiger partial charge in [0.2, 0.25) is 0 Å². The number of nitrogens with zero attached hydrogens (tertiary/aromatic N) is 1. The van der Waals surface area contributed by atoms with E-state index in [0.29, 0.717) is 10.9 Å². The summed E-state index contributed by atoms with van der Waals surface area (Å²) in [5.41, 5.74) is 6.14. The summed E-state index contributed by atoms with van der Waals surface area (Å²) < 4.78 is 12.0. The van der Waals surface area contributed by atoms with E-state index in [1.165, 1.54) is 11.3 Å². The molecule has 0 aliphatic rings. The first-order valence-electron chi connectivity index (χ1n) is 9.03. The van der Waals surface area contributed by atoms with Gasteiger partial charge in [-0.05, 0) is 36.4 Å². The van der Waals surface area contributed by atoms with Gasteiger partial charge in [-0.2, -0.15) is 0 Å². The molecule has 150 valence electrons. The molecule has 0 aliphatic heterocycles. The van der Waals surface area contributed by atoms with E-state index < -0.39 is 11.8 Å². The summed E-state index contributed by atoms with van der Waals surface area (Å²) in [4.78, 5) is 28.1. The van der Waals surface area contributed by atoms with E-state index >= 15 is 0 Å². The summed E-state index contributed by atoms with van der Waals surface area (Å²) in [6, 6.07) is 21.6. The van der Waals surface area contributed by atoms with Gasteiger partial charge in [-0.15, -0.1) is 0 Å². The van der Waals surface area contributed by atoms with Gasteiger partial charge in [-0.3, -0.25) is 14.9 Å². The monoisotopic (exact) mass is 419 g/mol. The van der Waals surface area contributed by atoms with Gasteiger partial charge in [-0.1, -0.05) is 41.7 Å². The zero-order valence-electron chi connectivity index (χ0n) is 15.7. The highest BCUT2D eigenvalue weighted by molar-refractivity contribution is 7.22. The second kappa shape index (κ2) is 8.62. The van der Waals surface area contributed by atoms with Crippen LogP contribution in [-0.4, -0.2) is 23.4 Å². The third kappa shape index (κ3) is 4.56. The van der Waals surface area contributed by atoms with Crippen molar-refractivity contribution in [2.75, 3.05) is 11.9 Å². The van der Waals surface area contributed by atoms with Crippen LogP contribution in [0.4, 0.5) is 5.13 Å². The number of benzene rings is 3. The highest BCUT2D eigenvalue weighted by atomic mass is 32.1. The Labute approximate surface area is 176 Å². The largest absolute Gasteiger partial charge is 0.483 e. The molecule has 1 heterocycles. The second-order valence-electron chi connectivity index (χ2n) is 6.27. The normalized spacial score (nSPS) is 10.5. The molecule has 3 aromatic carbocycles. The summed E-state index contributed by atoms with van der Waals surface area (Å²) in [7, 11) is 0. The second-order valence-corrected chi connectivity index (χ2v) is 7.30. The van der Waals surface area contributed by atoms with E-state index in [9.17, 15) is 9.59 Å². The van der Waals surface area contributed by atoms with Gasteiger partial charge in [0.15, 0.2) is 11.7 Å². The van der Waals surface area contributed by atoms with E-state index in [2.05, 4.69) is 10.3 Å². The Morgan fingerprint density at radius 3 is 2.53 bits per heavy atom. The van der Waals surface area contributed by atoms with Crippen molar-refractivity contribution in [1.29, 1.82) is 0 Å². The van der Waals surface area contributed by atoms with Gasteiger partial charge in [0.25, 0.3) is 11.8 Å². The number of amides is 2. The number of hydrogen-bond donors (Lipinski definition) is 2. The summed E-state index contributed by atoms with van der Waals surface area (Å²) in [5.74, 6) is 0.677. The fourth-order valence-corrected chi connectivity index (χ4v) is 3.63. The number of hydrogen-bond acceptors (Lipinski definition) is 6. The average Bonchev–Trinajstić information content (AvgIpc) is 3.14. The zero-order chi connectivity index (χ0) is 20.9. The maximum absolute atomic E-state index is 12.7. The molecule has 0 spiro atoms. The van der Waals surface area contributed by atoms with Crippen LogP contribution in [0.1, 0.15) is 10.4 Å². The molecule has 0 fully saturated rings. The van der Waals surface area contributed by atoms with Crippen LogP contribution in [0, 0.1) is 0 Å². The summed E-state index contributed by atoms with van der Waals surface area (Å²) in [6.07, 6.45) is 0. The number of anilines is 1. The van der Waals surface area contributed by atoms with Gasteiger partial charge in [-0.25, -0.2) is 4.98 Å². The lowest BCUT2D eigenvalue weighted by atomic mass is 10.2. The smallest absolute Gasteiger partial charge is 0.261 e. The number of ether oxygens (including phenoxy) is 2. The van der Waals surface area contributed by atoms with Crippen molar-refractivity contribution < 1.29 is 19.1 Å². The Hall–Kier alpha value is -3.91. The summed E-state index contributed by atoms with van der Waals surface area (Å²) >= 11 is 1.33.